The van der Waals surface area contributed by atoms with Gasteiger partial charge in [0.25, 0.3) is 0 Å². The SMILES string of the molecule is CNCc1cnc(-c2ccc(Br)cc2Cl)s1. The van der Waals surface area contributed by atoms with Gasteiger partial charge in [-0.15, -0.1) is 11.3 Å². The molecular weight excluding hydrogens is 308 g/mol. The van der Waals surface area contributed by atoms with Gasteiger partial charge in [0.05, 0.1) is 5.02 Å². The number of thiazole rings is 1. The molecule has 0 bridgehead atoms. The Hall–Kier alpha value is -0.420. The zero-order valence-electron chi connectivity index (χ0n) is 8.63. The molecule has 0 atom stereocenters. The number of nitrogens with zero attached hydrogens (tertiary/aromatic N) is 1. The van der Waals surface area contributed by atoms with Crippen LogP contribution in [0.5, 0.6) is 0 Å². The molecule has 0 saturated carbocycles. The van der Waals surface area contributed by atoms with Gasteiger partial charge in [-0.2, -0.15) is 0 Å². The lowest BCUT2D eigenvalue weighted by atomic mass is 10.2. The summed E-state index contributed by atoms with van der Waals surface area (Å²) in [7, 11) is 1.92. The molecule has 0 fully saturated rings. The van der Waals surface area contributed by atoms with Gasteiger partial charge >= 0.3 is 0 Å². The summed E-state index contributed by atoms with van der Waals surface area (Å²) < 4.78 is 0.980. The lowest BCUT2D eigenvalue weighted by Crippen LogP contribution is -2.02. The van der Waals surface area contributed by atoms with Crippen LogP contribution in [0, 0.1) is 0 Å². The predicted molar refractivity (Wildman–Crippen MR) is 73.0 cm³/mol. The summed E-state index contributed by atoms with van der Waals surface area (Å²) >= 11 is 11.2. The highest BCUT2D eigenvalue weighted by Gasteiger charge is 2.08. The lowest BCUT2D eigenvalue weighted by Gasteiger charge is -2.00. The van der Waals surface area contributed by atoms with Gasteiger partial charge < -0.3 is 5.32 Å². The number of benzene rings is 1. The maximum absolute atomic E-state index is 6.17. The standard InChI is InChI=1S/C11H10BrClN2S/c1-14-5-8-6-15-11(16-8)9-3-2-7(12)4-10(9)13/h2-4,6,14H,5H2,1H3. The Morgan fingerprint density at radius 3 is 3.00 bits per heavy atom. The topological polar surface area (TPSA) is 24.9 Å². The first kappa shape index (κ1) is 12.0. The van der Waals surface area contributed by atoms with Crippen molar-refractivity contribution >= 4 is 38.9 Å². The molecule has 2 nitrogen and oxygen atoms in total. The summed E-state index contributed by atoms with van der Waals surface area (Å²) in [5.41, 5.74) is 0.984. The highest BCUT2D eigenvalue weighted by Crippen LogP contribution is 2.32. The summed E-state index contributed by atoms with van der Waals surface area (Å²) in [6, 6.07) is 5.84. The van der Waals surface area contributed by atoms with Crippen LogP contribution in [-0.2, 0) is 6.54 Å². The van der Waals surface area contributed by atoms with Crippen molar-refractivity contribution in [2.75, 3.05) is 7.05 Å². The molecule has 0 spiro atoms. The van der Waals surface area contributed by atoms with Gasteiger partial charge in [-0.25, -0.2) is 4.98 Å². The average Bonchev–Trinajstić information content (AvgIpc) is 2.67. The predicted octanol–water partition coefficient (Wildman–Crippen LogP) is 3.95. The summed E-state index contributed by atoms with van der Waals surface area (Å²) in [5.74, 6) is 0. The Kier molecular flexibility index (Phi) is 3.97. The molecule has 0 unspecified atom stereocenters. The third kappa shape index (κ3) is 2.63. The second-order valence-corrected chi connectivity index (χ2v) is 5.72. The van der Waals surface area contributed by atoms with E-state index in [1.165, 1.54) is 4.88 Å². The molecule has 5 heteroatoms. The molecule has 1 aromatic heterocycles. The van der Waals surface area contributed by atoms with Crippen LogP contribution in [0.1, 0.15) is 4.88 Å². The lowest BCUT2D eigenvalue weighted by molar-refractivity contribution is 0.829. The van der Waals surface area contributed by atoms with Crippen molar-refractivity contribution in [2.45, 2.75) is 6.54 Å². The largest absolute Gasteiger partial charge is 0.315 e. The van der Waals surface area contributed by atoms with E-state index in [1.807, 2.05) is 31.4 Å². The number of hydrogen-bond donors (Lipinski definition) is 1. The smallest absolute Gasteiger partial charge is 0.125 e. The van der Waals surface area contributed by atoms with E-state index < -0.39 is 0 Å². The van der Waals surface area contributed by atoms with Crippen LogP contribution in [0.2, 0.25) is 5.02 Å². The van der Waals surface area contributed by atoms with Crippen LogP contribution < -0.4 is 5.32 Å². The first-order chi connectivity index (χ1) is 7.70. The highest BCUT2D eigenvalue weighted by molar-refractivity contribution is 9.10. The van der Waals surface area contributed by atoms with E-state index in [9.17, 15) is 0 Å². The molecular formula is C11H10BrClN2S. The molecule has 0 radical (unpaired) electrons. The number of nitrogens with one attached hydrogen (secondary N) is 1. The van der Waals surface area contributed by atoms with Crippen molar-refractivity contribution < 1.29 is 0 Å². The van der Waals surface area contributed by atoms with Gasteiger partial charge in [-0.3, -0.25) is 0 Å². The molecule has 1 aromatic carbocycles. The minimum atomic E-state index is 0.722. The molecule has 0 aliphatic rings. The minimum absolute atomic E-state index is 0.722. The zero-order valence-corrected chi connectivity index (χ0v) is 11.8. The third-order valence-electron chi connectivity index (χ3n) is 2.07. The van der Waals surface area contributed by atoms with Crippen LogP contribution in [0.15, 0.2) is 28.9 Å². The van der Waals surface area contributed by atoms with Crippen molar-refractivity contribution in [3.8, 4) is 10.6 Å². The van der Waals surface area contributed by atoms with Gasteiger partial charge in [-0.1, -0.05) is 27.5 Å². The van der Waals surface area contributed by atoms with Crippen molar-refractivity contribution in [3.05, 3.63) is 38.8 Å². The highest BCUT2D eigenvalue weighted by atomic mass is 79.9. The second kappa shape index (κ2) is 5.27. The molecule has 1 heterocycles. The third-order valence-corrected chi connectivity index (χ3v) is 3.90. The summed E-state index contributed by atoms with van der Waals surface area (Å²) in [6.45, 7) is 0.839. The van der Waals surface area contributed by atoms with Gasteiger partial charge in [-0.05, 0) is 25.2 Å². The van der Waals surface area contributed by atoms with Gasteiger partial charge in [0.15, 0.2) is 0 Å². The molecule has 0 amide bonds. The van der Waals surface area contributed by atoms with Crippen LogP contribution in [0.4, 0.5) is 0 Å². The van der Waals surface area contributed by atoms with Crippen molar-refractivity contribution in [1.29, 1.82) is 0 Å². The number of halogens is 2. The molecule has 2 rings (SSSR count). The maximum Gasteiger partial charge on any atom is 0.125 e. The van der Waals surface area contributed by atoms with E-state index in [0.29, 0.717) is 0 Å². The van der Waals surface area contributed by atoms with Gasteiger partial charge in [0, 0.05) is 27.7 Å². The van der Waals surface area contributed by atoms with E-state index in [4.69, 9.17) is 11.6 Å². The zero-order chi connectivity index (χ0) is 11.5. The summed E-state index contributed by atoms with van der Waals surface area (Å²) in [4.78, 5) is 5.58. The first-order valence-corrected chi connectivity index (χ1v) is 6.74. The molecule has 2 aromatic rings. The molecule has 0 aliphatic carbocycles. The van der Waals surface area contributed by atoms with E-state index >= 15 is 0 Å². The number of aromatic nitrogens is 1. The quantitative estimate of drug-likeness (QED) is 0.927. The van der Waals surface area contributed by atoms with Gasteiger partial charge in [0.2, 0.25) is 0 Å². The number of hydrogen-bond acceptors (Lipinski definition) is 3. The Balaban J connectivity index is 2.35. The van der Waals surface area contributed by atoms with E-state index in [0.717, 1.165) is 26.6 Å². The fourth-order valence-electron chi connectivity index (χ4n) is 1.35. The first-order valence-electron chi connectivity index (χ1n) is 4.75. The Morgan fingerprint density at radius 2 is 2.31 bits per heavy atom. The van der Waals surface area contributed by atoms with Crippen LogP contribution in [0.25, 0.3) is 10.6 Å². The monoisotopic (exact) mass is 316 g/mol. The van der Waals surface area contributed by atoms with Crippen LogP contribution in [0.3, 0.4) is 0 Å². The normalized spacial score (nSPS) is 10.7. The molecule has 0 saturated heterocycles. The Bertz CT molecular complexity index is 498. The van der Waals surface area contributed by atoms with Crippen LogP contribution in [-0.4, -0.2) is 12.0 Å². The Morgan fingerprint density at radius 1 is 1.50 bits per heavy atom. The van der Waals surface area contributed by atoms with E-state index in [1.54, 1.807) is 11.3 Å². The molecule has 1 N–H and O–H groups in total. The molecule has 84 valence electrons. The van der Waals surface area contributed by atoms with Gasteiger partial charge in [0.1, 0.15) is 5.01 Å². The second-order valence-electron chi connectivity index (χ2n) is 3.29. The molecule has 0 aliphatic heterocycles. The van der Waals surface area contributed by atoms with E-state index in [-0.39, 0.29) is 0 Å². The van der Waals surface area contributed by atoms with Crippen molar-refractivity contribution in [2.24, 2.45) is 0 Å². The Labute approximate surface area is 112 Å². The molecule has 16 heavy (non-hydrogen) atoms. The maximum atomic E-state index is 6.17. The fourth-order valence-corrected chi connectivity index (χ4v) is 3.13. The van der Waals surface area contributed by atoms with Crippen LogP contribution >= 0.6 is 38.9 Å². The summed E-state index contributed by atoms with van der Waals surface area (Å²) in [6.07, 6.45) is 1.88. The van der Waals surface area contributed by atoms with E-state index in [2.05, 4.69) is 26.2 Å². The fraction of sp³-hybridized carbons (Fsp3) is 0.182. The number of rotatable bonds is 3. The average molecular weight is 318 g/mol. The summed E-state index contributed by atoms with van der Waals surface area (Å²) in [5, 5.41) is 4.79. The van der Waals surface area contributed by atoms with Crippen molar-refractivity contribution in [3.63, 3.8) is 0 Å². The van der Waals surface area contributed by atoms with Crippen molar-refractivity contribution in [1.82, 2.24) is 10.3 Å². The minimum Gasteiger partial charge on any atom is -0.315 e.